The molecule has 0 aliphatic carbocycles. The van der Waals surface area contributed by atoms with E-state index < -0.39 is 5.97 Å². The molecular weight excluding hydrogens is 212 g/mol. The summed E-state index contributed by atoms with van der Waals surface area (Å²) >= 11 is 1.45. The Balaban J connectivity index is 3.25. The van der Waals surface area contributed by atoms with Crippen LogP contribution in [-0.4, -0.2) is 23.1 Å². The Hall–Kier alpha value is -1.29. The lowest BCUT2D eigenvalue weighted by Crippen LogP contribution is -2.03. The molecule has 0 saturated heterocycles. The third-order valence-corrected chi connectivity index (χ3v) is 2.86. The third kappa shape index (κ3) is 2.59. The van der Waals surface area contributed by atoms with Crippen molar-refractivity contribution < 1.29 is 14.7 Å². The van der Waals surface area contributed by atoms with Crippen LogP contribution in [-0.2, 0) is 0 Å². The van der Waals surface area contributed by atoms with Crippen molar-refractivity contribution in [3.63, 3.8) is 0 Å². The third-order valence-electron chi connectivity index (χ3n) is 2.07. The van der Waals surface area contributed by atoms with Gasteiger partial charge in [0.2, 0.25) is 0 Å². The molecule has 15 heavy (non-hydrogen) atoms. The summed E-state index contributed by atoms with van der Waals surface area (Å²) in [5.74, 6) is -1.03. The fraction of sp³-hybridized carbons (Fsp3) is 0.273. The molecule has 0 saturated carbocycles. The molecule has 3 nitrogen and oxygen atoms in total. The Kier molecular flexibility index (Phi) is 3.91. The SMILES string of the molecule is CCC(=O)c1cc(C(=O)O)ccc1SC. The minimum atomic E-state index is -1.01. The average Bonchev–Trinajstić information content (AvgIpc) is 2.27. The predicted octanol–water partition coefficient (Wildman–Crippen LogP) is 2.70. The second-order valence-electron chi connectivity index (χ2n) is 3.00. The molecule has 0 atom stereocenters. The van der Waals surface area contributed by atoms with Crippen LogP contribution in [0.2, 0.25) is 0 Å². The molecule has 0 radical (unpaired) electrons. The first-order valence-electron chi connectivity index (χ1n) is 4.54. The van der Waals surface area contributed by atoms with Crippen LogP contribution in [0.15, 0.2) is 23.1 Å². The van der Waals surface area contributed by atoms with E-state index in [-0.39, 0.29) is 11.3 Å². The van der Waals surface area contributed by atoms with Gasteiger partial charge in [-0.1, -0.05) is 6.92 Å². The maximum absolute atomic E-state index is 11.6. The fourth-order valence-corrected chi connectivity index (χ4v) is 1.85. The molecule has 1 rings (SSSR count). The number of ketones is 1. The van der Waals surface area contributed by atoms with Gasteiger partial charge in [-0.25, -0.2) is 4.79 Å². The number of benzene rings is 1. The van der Waals surface area contributed by atoms with E-state index in [1.54, 1.807) is 13.0 Å². The molecule has 0 heterocycles. The molecule has 80 valence electrons. The number of rotatable bonds is 4. The summed E-state index contributed by atoms with van der Waals surface area (Å²) in [6.07, 6.45) is 2.25. The minimum Gasteiger partial charge on any atom is -0.478 e. The number of carbonyl (C=O) groups is 2. The zero-order valence-electron chi connectivity index (χ0n) is 8.61. The molecule has 0 amide bonds. The average molecular weight is 224 g/mol. The topological polar surface area (TPSA) is 54.4 Å². The van der Waals surface area contributed by atoms with Crippen molar-refractivity contribution in [2.24, 2.45) is 0 Å². The lowest BCUT2D eigenvalue weighted by molar-refractivity contribution is 0.0697. The number of hydrogen-bond acceptors (Lipinski definition) is 3. The number of thioether (sulfide) groups is 1. The fourth-order valence-electron chi connectivity index (χ4n) is 1.25. The van der Waals surface area contributed by atoms with Crippen molar-refractivity contribution in [2.45, 2.75) is 18.2 Å². The monoisotopic (exact) mass is 224 g/mol. The Bertz CT molecular complexity index is 399. The molecule has 1 aromatic carbocycles. The van der Waals surface area contributed by atoms with Gasteiger partial charge in [-0.15, -0.1) is 11.8 Å². The van der Waals surface area contributed by atoms with Crippen LogP contribution in [0.5, 0.6) is 0 Å². The molecule has 0 spiro atoms. The molecule has 4 heteroatoms. The van der Waals surface area contributed by atoms with Crippen LogP contribution in [0, 0.1) is 0 Å². The number of aromatic carboxylic acids is 1. The number of hydrogen-bond donors (Lipinski definition) is 1. The highest BCUT2D eigenvalue weighted by Gasteiger charge is 2.12. The van der Waals surface area contributed by atoms with Crippen LogP contribution >= 0.6 is 11.8 Å². The zero-order chi connectivity index (χ0) is 11.4. The number of carbonyl (C=O) groups excluding carboxylic acids is 1. The van der Waals surface area contributed by atoms with Crippen molar-refractivity contribution in [1.82, 2.24) is 0 Å². The smallest absolute Gasteiger partial charge is 0.335 e. The van der Waals surface area contributed by atoms with Crippen molar-refractivity contribution in [2.75, 3.05) is 6.26 Å². The van der Waals surface area contributed by atoms with Crippen molar-refractivity contribution in [3.05, 3.63) is 29.3 Å². The molecule has 1 N–H and O–H groups in total. The summed E-state index contributed by atoms with van der Waals surface area (Å²) < 4.78 is 0. The van der Waals surface area contributed by atoms with Gasteiger partial charge in [0.1, 0.15) is 0 Å². The number of carboxylic acids is 1. The van der Waals surface area contributed by atoms with E-state index in [4.69, 9.17) is 5.11 Å². The second-order valence-corrected chi connectivity index (χ2v) is 3.85. The van der Waals surface area contributed by atoms with Gasteiger partial charge in [0.05, 0.1) is 5.56 Å². The first kappa shape index (κ1) is 11.8. The van der Waals surface area contributed by atoms with Gasteiger partial charge in [0.15, 0.2) is 5.78 Å². The normalized spacial score (nSPS) is 10.0. The maximum atomic E-state index is 11.6. The Morgan fingerprint density at radius 2 is 2.07 bits per heavy atom. The van der Waals surface area contributed by atoms with Gasteiger partial charge in [-0.2, -0.15) is 0 Å². The molecule has 0 aromatic heterocycles. The molecule has 1 aromatic rings. The highest BCUT2D eigenvalue weighted by atomic mass is 32.2. The summed E-state index contributed by atoms with van der Waals surface area (Å²) in [5.41, 5.74) is 0.662. The molecule has 0 fully saturated rings. The molecule has 0 bridgehead atoms. The summed E-state index contributed by atoms with van der Waals surface area (Å²) in [7, 11) is 0. The maximum Gasteiger partial charge on any atom is 0.335 e. The van der Waals surface area contributed by atoms with Crippen molar-refractivity contribution >= 4 is 23.5 Å². The largest absolute Gasteiger partial charge is 0.478 e. The van der Waals surface area contributed by atoms with E-state index in [1.165, 1.54) is 23.9 Å². The standard InChI is InChI=1S/C11H12O3S/c1-3-9(12)8-6-7(11(13)14)4-5-10(8)15-2/h4-6H,3H2,1-2H3,(H,13,14). The highest BCUT2D eigenvalue weighted by molar-refractivity contribution is 7.98. The van der Waals surface area contributed by atoms with E-state index in [0.717, 1.165) is 4.90 Å². The molecule has 0 unspecified atom stereocenters. The zero-order valence-corrected chi connectivity index (χ0v) is 9.43. The number of Topliss-reactive ketones (excluding diaryl/α,β-unsaturated/α-hetero) is 1. The van der Waals surface area contributed by atoms with Gasteiger partial charge >= 0.3 is 5.97 Å². The predicted molar refractivity (Wildman–Crippen MR) is 59.8 cm³/mol. The Morgan fingerprint density at radius 3 is 2.53 bits per heavy atom. The molecule has 0 aliphatic rings. The molecular formula is C11H12O3S. The highest BCUT2D eigenvalue weighted by Crippen LogP contribution is 2.23. The summed E-state index contributed by atoms with van der Waals surface area (Å²) in [4.78, 5) is 23.1. The van der Waals surface area contributed by atoms with Crippen molar-refractivity contribution in [1.29, 1.82) is 0 Å². The van der Waals surface area contributed by atoms with Crippen LogP contribution in [0.1, 0.15) is 34.1 Å². The quantitative estimate of drug-likeness (QED) is 0.631. The van der Waals surface area contributed by atoms with Crippen LogP contribution in [0.4, 0.5) is 0 Å². The summed E-state index contributed by atoms with van der Waals surface area (Å²) in [5, 5.41) is 8.81. The summed E-state index contributed by atoms with van der Waals surface area (Å²) in [6, 6.07) is 4.64. The van der Waals surface area contributed by atoms with Crippen LogP contribution in [0.25, 0.3) is 0 Å². The second kappa shape index (κ2) is 4.98. The van der Waals surface area contributed by atoms with Gasteiger partial charge in [-0.05, 0) is 24.5 Å². The first-order chi connectivity index (χ1) is 7.10. The van der Waals surface area contributed by atoms with Gasteiger partial charge in [0.25, 0.3) is 0 Å². The van der Waals surface area contributed by atoms with E-state index in [9.17, 15) is 9.59 Å². The number of carboxylic acid groups (broad SMARTS) is 1. The van der Waals surface area contributed by atoms with Gasteiger partial charge in [0, 0.05) is 16.9 Å². The molecule has 0 aliphatic heterocycles. The summed E-state index contributed by atoms with van der Waals surface area (Å²) in [6.45, 7) is 1.76. The van der Waals surface area contributed by atoms with Crippen LogP contribution < -0.4 is 0 Å². The minimum absolute atomic E-state index is 0.0255. The van der Waals surface area contributed by atoms with E-state index in [0.29, 0.717) is 12.0 Å². The van der Waals surface area contributed by atoms with Gasteiger partial charge < -0.3 is 5.11 Å². The van der Waals surface area contributed by atoms with Gasteiger partial charge in [-0.3, -0.25) is 4.79 Å². The van der Waals surface area contributed by atoms with E-state index in [2.05, 4.69) is 0 Å². The Morgan fingerprint density at radius 1 is 1.40 bits per heavy atom. The van der Waals surface area contributed by atoms with E-state index in [1.807, 2.05) is 6.26 Å². The lowest BCUT2D eigenvalue weighted by atomic mass is 10.1. The van der Waals surface area contributed by atoms with Crippen molar-refractivity contribution in [3.8, 4) is 0 Å². The van der Waals surface area contributed by atoms with E-state index >= 15 is 0 Å². The first-order valence-corrected chi connectivity index (χ1v) is 5.77. The van der Waals surface area contributed by atoms with Crippen LogP contribution in [0.3, 0.4) is 0 Å². The Labute approximate surface area is 92.5 Å². The lowest BCUT2D eigenvalue weighted by Gasteiger charge is -2.06.